The Balaban J connectivity index is 1.93. The predicted octanol–water partition coefficient (Wildman–Crippen LogP) is 0.136. The highest BCUT2D eigenvalue weighted by molar-refractivity contribution is 6.01. The summed E-state index contributed by atoms with van der Waals surface area (Å²) < 4.78 is 0. The molecule has 0 bridgehead atoms. The summed E-state index contributed by atoms with van der Waals surface area (Å²) in [6.45, 7) is 0.513. The van der Waals surface area contributed by atoms with E-state index in [9.17, 15) is 9.59 Å². The first-order valence-corrected chi connectivity index (χ1v) is 6.48. The molecule has 2 atom stereocenters. The van der Waals surface area contributed by atoms with E-state index in [4.69, 9.17) is 5.73 Å². The van der Waals surface area contributed by atoms with Gasteiger partial charge in [-0.25, -0.2) is 0 Å². The van der Waals surface area contributed by atoms with E-state index in [0.717, 1.165) is 16.8 Å². The fourth-order valence-electron chi connectivity index (χ4n) is 2.88. The number of anilines is 1. The number of piperidine rings is 1. The van der Waals surface area contributed by atoms with Crippen LogP contribution >= 0.6 is 0 Å². The van der Waals surface area contributed by atoms with Crippen molar-refractivity contribution in [3.05, 3.63) is 29.3 Å². The number of likely N-dealkylation sites (N-methyl/N-ethyl adjacent to an activating group) is 1. The maximum atomic E-state index is 11.7. The lowest BCUT2D eigenvalue weighted by atomic mass is 9.85. The van der Waals surface area contributed by atoms with Crippen molar-refractivity contribution < 1.29 is 9.59 Å². The van der Waals surface area contributed by atoms with E-state index in [1.807, 2.05) is 18.2 Å². The molecule has 1 aromatic carbocycles. The Hall–Kier alpha value is -1.88. The van der Waals surface area contributed by atoms with Crippen LogP contribution < -0.4 is 16.0 Å². The summed E-state index contributed by atoms with van der Waals surface area (Å²) in [5.41, 5.74) is 9.13. The van der Waals surface area contributed by atoms with E-state index < -0.39 is 0 Å². The van der Waals surface area contributed by atoms with E-state index in [1.165, 1.54) is 0 Å². The van der Waals surface area contributed by atoms with Crippen molar-refractivity contribution in [1.82, 2.24) is 5.32 Å². The molecule has 0 aromatic heterocycles. The second-order valence-electron chi connectivity index (χ2n) is 5.30. The van der Waals surface area contributed by atoms with Crippen molar-refractivity contribution in [2.75, 3.05) is 18.5 Å². The number of rotatable bonds is 1. The summed E-state index contributed by atoms with van der Waals surface area (Å²) in [6.07, 6.45) is 0.859. The van der Waals surface area contributed by atoms with E-state index >= 15 is 0 Å². The van der Waals surface area contributed by atoms with Gasteiger partial charge in [0.15, 0.2) is 0 Å². The van der Waals surface area contributed by atoms with Crippen LogP contribution in [0.15, 0.2) is 18.2 Å². The number of benzene rings is 1. The number of fused-ring (bicyclic) bond motifs is 1. The fraction of sp³-hybridized carbons (Fsp3) is 0.429. The van der Waals surface area contributed by atoms with E-state index in [0.29, 0.717) is 19.4 Å². The molecule has 2 aliphatic rings. The van der Waals surface area contributed by atoms with E-state index in [1.54, 1.807) is 11.9 Å². The molecule has 2 heterocycles. The predicted molar refractivity (Wildman–Crippen MR) is 71.9 cm³/mol. The molecule has 0 aliphatic carbocycles. The minimum absolute atomic E-state index is 0.0417. The van der Waals surface area contributed by atoms with E-state index in [-0.39, 0.29) is 23.8 Å². The third kappa shape index (κ3) is 2.00. The standard InChI is InChI=1S/C14H17N3O2/c1-17-12-3-2-8(4-9(12)5-14(17)19)10-6-13(18)16-7-11(10)15/h2-4,10-11H,5-7,15H2,1H3,(H,16,18). The molecule has 5 nitrogen and oxygen atoms in total. The molecule has 100 valence electrons. The van der Waals surface area contributed by atoms with Crippen LogP contribution in [0.4, 0.5) is 5.69 Å². The molecule has 1 aromatic rings. The highest BCUT2D eigenvalue weighted by atomic mass is 16.2. The largest absolute Gasteiger partial charge is 0.355 e. The Morgan fingerprint density at radius 1 is 1.37 bits per heavy atom. The number of nitrogens with one attached hydrogen (secondary N) is 1. The molecule has 1 saturated heterocycles. The first-order valence-electron chi connectivity index (χ1n) is 6.48. The number of nitrogens with zero attached hydrogens (tertiary/aromatic N) is 1. The third-order valence-corrected chi connectivity index (χ3v) is 4.07. The zero-order valence-electron chi connectivity index (χ0n) is 10.8. The van der Waals surface area contributed by atoms with Crippen molar-refractivity contribution in [3.63, 3.8) is 0 Å². The first kappa shape index (κ1) is 12.2. The first-order chi connectivity index (χ1) is 9.06. The van der Waals surface area contributed by atoms with Crippen molar-refractivity contribution in [2.45, 2.75) is 24.8 Å². The molecule has 3 rings (SSSR count). The highest BCUT2D eigenvalue weighted by Gasteiger charge is 2.30. The van der Waals surface area contributed by atoms with Crippen molar-refractivity contribution in [1.29, 1.82) is 0 Å². The molecule has 2 aliphatic heterocycles. The second-order valence-corrected chi connectivity index (χ2v) is 5.30. The molecule has 3 N–H and O–H groups in total. The van der Waals surface area contributed by atoms with Gasteiger partial charge in [-0.3, -0.25) is 9.59 Å². The van der Waals surface area contributed by atoms with Gasteiger partial charge in [0.2, 0.25) is 11.8 Å². The zero-order chi connectivity index (χ0) is 13.6. The quantitative estimate of drug-likeness (QED) is 0.753. The number of carbonyl (C=O) groups is 2. The van der Waals surface area contributed by atoms with Crippen LogP contribution in [0, 0.1) is 0 Å². The fourth-order valence-corrected chi connectivity index (χ4v) is 2.88. The summed E-state index contributed by atoms with van der Waals surface area (Å²) in [5, 5.41) is 2.77. The molecule has 1 fully saturated rings. The Kier molecular flexibility index (Phi) is 2.78. The highest BCUT2D eigenvalue weighted by Crippen LogP contribution is 2.33. The average molecular weight is 259 g/mol. The molecule has 2 unspecified atom stereocenters. The lowest BCUT2D eigenvalue weighted by Crippen LogP contribution is -2.47. The molecule has 0 radical (unpaired) electrons. The van der Waals surface area contributed by atoms with Gasteiger partial charge in [0.25, 0.3) is 0 Å². The van der Waals surface area contributed by atoms with Gasteiger partial charge in [-0.15, -0.1) is 0 Å². The van der Waals surface area contributed by atoms with Gasteiger partial charge in [0.05, 0.1) is 6.42 Å². The molecule has 0 spiro atoms. The van der Waals surface area contributed by atoms with Gasteiger partial charge in [0.1, 0.15) is 0 Å². The molecule has 19 heavy (non-hydrogen) atoms. The normalized spacial score (nSPS) is 26.3. The van der Waals surface area contributed by atoms with Crippen LogP contribution in [0.1, 0.15) is 23.5 Å². The Morgan fingerprint density at radius 2 is 2.16 bits per heavy atom. The van der Waals surface area contributed by atoms with Gasteiger partial charge in [-0.05, 0) is 17.2 Å². The summed E-state index contributed by atoms with van der Waals surface area (Å²) in [6, 6.07) is 5.90. The van der Waals surface area contributed by atoms with Crippen LogP contribution in [0.5, 0.6) is 0 Å². The van der Waals surface area contributed by atoms with E-state index in [2.05, 4.69) is 5.32 Å². The summed E-state index contributed by atoms with van der Waals surface area (Å²) in [7, 11) is 1.79. The Labute approximate surface area is 111 Å². The van der Waals surface area contributed by atoms with Gasteiger partial charge in [-0.1, -0.05) is 12.1 Å². The maximum absolute atomic E-state index is 11.7. The zero-order valence-corrected chi connectivity index (χ0v) is 10.8. The van der Waals surface area contributed by atoms with Crippen LogP contribution in [0.2, 0.25) is 0 Å². The number of amides is 2. The summed E-state index contributed by atoms with van der Waals surface area (Å²) >= 11 is 0. The molecule has 2 amide bonds. The molecule has 5 heteroatoms. The van der Waals surface area contributed by atoms with Crippen molar-refractivity contribution in [2.24, 2.45) is 5.73 Å². The molecular formula is C14H17N3O2. The number of hydrogen-bond acceptors (Lipinski definition) is 3. The Morgan fingerprint density at radius 3 is 2.95 bits per heavy atom. The lowest BCUT2D eigenvalue weighted by Gasteiger charge is -2.29. The van der Waals surface area contributed by atoms with Gasteiger partial charge in [0, 0.05) is 37.7 Å². The monoisotopic (exact) mass is 259 g/mol. The molecular weight excluding hydrogens is 242 g/mol. The minimum atomic E-state index is -0.0643. The van der Waals surface area contributed by atoms with Crippen LogP contribution in [-0.4, -0.2) is 31.4 Å². The average Bonchev–Trinajstić information content (AvgIpc) is 2.67. The third-order valence-electron chi connectivity index (χ3n) is 4.07. The van der Waals surface area contributed by atoms with Crippen molar-refractivity contribution in [3.8, 4) is 0 Å². The SMILES string of the molecule is CN1C(=O)Cc2cc(C3CC(=O)NCC3N)ccc21. The summed E-state index contributed by atoms with van der Waals surface area (Å²) in [5.74, 6) is 0.193. The Bertz CT molecular complexity index is 556. The number of hydrogen-bond donors (Lipinski definition) is 2. The van der Waals surface area contributed by atoms with Crippen LogP contribution in [-0.2, 0) is 16.0 Å². The number of nitrogens with two attached hydrogens (primary N) is 1. The van der Waals surface area contributed by atoms with Crippen LogP contribution in [0.25, 0.3) is 0 Å². The minimum Gasteiger partial charge on any atom is -0.355 e. The lowest BCUT2D eigenvalue weighted by molar-refractivity contribution is -0.123. The van der Waals surface area contributed by atoms with Crippen molar-refractivity contribution >= 4 is 17.5 Å². The topological polar surface area (TPSA) is 75.4 Å². The van der Waals surface area contributed by atoms with Crippen LogP contribution in [0.3, 0.4) is 0 Å². The van der Waals surface area contributed by atoms with Gasteiger partial charge >= 0.3 is 0 Å². The maximum Gasteiger partial charge on any atom is 0.231 e. The second kappa shape index (κ2) is 4.35. The summed E-state index contributed by atoms with van der Waals surface area (Å²) in [4.78, 5) is 24.8. The smallest absolute Gasteiger partial charge is 0.231 e. The molecule has 0 saturated carbocycles. The number of carbonyl (C=O) groups excluding carboxylic acids is 2. The van der Waals surface area contributed by atoms with Gasteiger partial charge in [-0.2, -0.15) is 0 Å². The van der Waals surface area contributed by atoms with Gasteiger partial charge < -0.3 is 16.0 Å².